The second kappa shape index (κ2) is 8.20. The van der Waals surface area contributed by atoms with Crippen molar-refractivity contribution < 1.29 is 54.8 Å². The van der Waals surface area contributed by atoms with E-state index in [4.69, 9.17) is 14.2 Å². The first-order valence-corrected chi connectivity index (χ1v) is 9.71. The number of aliphatic hydroxyl groups is 5. The average molecular weight is 450 g/mol. The Morgan fingerprint density at radius 2 is 1.72 bits per heavy atom. The summed E-state index contributed by atoms with van der Waals surface area (Å²) in [5.41, 5.74) is 0.00338. The van der Waals surface area contributed by atoms with Gasteiger partial charge in [0.25, 0.3) is 0 Å². The van der Waals surface area contributed by atoms with Crippen molar-refractivity contribution in [1.29, 1.82) is 0 Å². The summed E-state index contributed by atoms with van der Waals surface area (Å²) in [5.74, 6) is -3.61. The van der Waals surface area contributed by atoms with Crippen LogP contribution in [-0.2, 0) is 10.5 Å². The third kappa shape index (κ3) is 3.86. The van der Waals surface area contributed by atoms with Gasteiger partial charge in [-0.3, -0.25) is 4.79 Å². The van der Waals surface area contributed by atoms with Gasteiger partial charge in [0.15, 0.2) is 5.78 Å². The molecule has 11 heteroatoms. The molecule has 0 radical (unpaired) electrons. The second-order valence-electron chi connectivity index (χ2n) is 7.66. The highest BCUT2D eigenvalue weighted by molar-refractivity contribution is 6.03. The van der Waals surface area contributed by atoms with Gasteiger partial charge < -0.3 is 50.0 Å². The minimum absolute atomic E-state index is 0.0484. The maximum Gasteiger partial charge on any atom is 0.242 e. The number of aliphatic hydroxyl groups excluding tert-OH is 4. The van der Waals surface area contributed by atoms with Gasteiger partial charge >= 0.3 is 0 Å². The van der Waals surface area contributed by atoms with Crippen LogP contribution in [-0.4, -0.2) is 78.8 Å². The molecule has 1 saturated heterocycles. The van der Waals surface area contributed by atoms with Crippen molar-refractivity contribution in [2.45, 2.75) is 42.9 Å². The van der Waals surface area contributed by atoms with Gasteiger partial charge in [-0.2, -0.15) is 0 Å². The Bertz CT molecular complexity index is 1010. The lowest BCUT2D eigenvalue weighted by Crippen LogP contribution is -2.60. The molecule has 0 spiro atoms. The van der Waals surface area contributed by atoms with Crippen molar-refractivity contribution >= 4 is 5.78 Å². The Morgan fingerprint density at radius 3 is 2.38 bits per heavy atom. The highest BCUT2D eigenvalue weighted by Crippen LogP contribution is 2.44. The summed E-state index contributed by atoms with van der Waals surface area (Å²) >= 11 is 0. The van der Waals surface area contributed by atoms with E-state index in [0.29, 0.717) is 0 Å². The van der Waals surface area contributed by atoms with Crippen molar-refractivity contribution in [1.82, 2.24) is 0 Å². The number of ketones is 1. The van der Waals surface area contributed by atoms with Gasteiger partial charge in [0.2, 0.25) is 12.1 Å². The number of carbonyl (C=O) groups is 1. The molecule has 172 valence electrons. The van der Waals surface area contributed by atoms with Gasteiger partial charge in [0.1, 0.15) is 53.0 Å². The van der Waals surface area contributed by atoms with E-state index >= 15 is 0 Å². The highest BCUT2D eigenvalue weighted by Gasteiger charge is 2.46. The van der Waals surface area contributed by atoms with Gasteiger partial charge in [-0.15, -0.1) is 0 Å². The maximum absolute atomic E-state index is 12.6. The molecule has 2 heterocycles. The lowest BCUT2D eigenvalue weighted by atomic mass is 9.92. The van der Waals surface area contributed by atoms with Crippen LogP contribution in [0.3, 0.4) is 0 Å². The SMILES string of the molecule is O=C1C[C@@](O)(c2ccc(O)cc2)Oc2cc(O[C@@H]3O[C@H](CO)[C@@H](O)[C@H](O)[C@H]3O)cc(O)c21. The lowest BCUT2D eigenvalue weighted by molar-refractivity contribution is -0.277. The number of fused-ring (bicyclic) bond motifs is 1. The van der Waals surface area contributed by atoms with Crippen LogP contribution >= 0.6 is 0 Å². The minimum atomic E-state index is -2.08. The first-order valence-electron chi connectivity index (χ1n) is 9.71. The Hall–Kier alpha value is -2.93. The molecule has 7 N–H and O–H groups in total. The van der Waals surface area contributed by atoms with E-state index < -0.39 is 61.1 Å². The van der Waals surface area contributed by atoms with Crippen molar-refractivity contribution in [2.24, 2.45) is 0 Å². The number of benzene rings is 2. The first-order chi connectivity index (χ1) is 15.1. The van der Waals surface area contributed by atoms with Gasteiger partial charge in [0.05, 0.1) is 13.0 Å². The molecule has 4 rings (SSSR count). The molecule has 0 aromatic heterocycles. The summed E-state index contributed by atoms with van der Waals surface area (Å²) < 4.78 is 16.4. The van der Waals surface area contributed by atoms with Gasteiger partial charge in [0, 0.05) is 17.7 Å². The number of carbonyl (C=O) groups excluding carboxylic acids is 1. The topological polar surface area (TPSA) is 186 Å². The summed E-state index contributed by atoms with van der Waals surface area (Å²) in [7, 11) is 0. The number of phenols is 2. The number of Topliss-reactive ketones (excluding diaryl/α,β-unsaturated/α-hetero) is 1. The molecule has 6 atom stereocenters. The first kappa shape index (κ1) is 22.3. The highest BCUT2D eigenvalue weighted by atomic mass is 16.7. The molecule has 1 fully saturated rings. The third-order valence-electron chi connectivity index (χ3n) is 5.43. The number of rotatable bonds is 4. The van der Waals surface area contributed by atoms with E-state index in [2.05, 4.69) is 0 Å². The van der Waals surface area contributed by atoms with E-state index in [1.54, 1.807) is 0 Å². The molecule has 0 bridgehead atoms. The second-order valence-corrected chi connectivity index (χ2v) is 7.66. The van der Waals surface area contributed by atoms with Crippen LogP contribution in [0.15, 0.2) is 36.4 Å². The zero-order valence-corrected chi connectivity index (χ0v) is 16.5. The number of hydrogen-bond donors (Lipinski definition) is 7. The maximum atomic E-state index is 12.6. The predicted molar refractivity (Wildman–Crippen MR) is 104 cm³/mol. The lowest BCUT2D eigenvalue weighted by Gasteiger charge is -2.39. The zero-order valence-electron chi connectivity index (χ0n) is 16.5. The smallest absolute Gasteiger partial charge is 0.242 e. The van der Waals surface area contributed by atoms with E-state index in [1.807, 2.05) is 0 Å². The molecule has 32 heavy (non-hydrogen) atoms. The monoisotopic (exact) mass is 450 g/mol. The van der Waals surface area contributed by atoms with Crippen LogP contribution in [0.1, 0.15) is 22.3 Å². The molecule has 2 aliphatic heterocycles. The van der Waals surface area contributed by atoms with E-state index in [-0.39, 0.29) is 28.4 Å². The summed E-state index contributed by atoms with van der Waals surface area (Å²) in [6.07, 6.45) is -8.17. The Morgan fingerprint density at radius 1 is 1.03 bits per heavy atom. The van der Waals surface area contributed by atoms with Crippen LogP contribution in [0.25, 0.3) is 0 Å². The third-order valence-corrected chi connectivity index (χ3v) is 5.43. The summed E-state index contributed by atoms with van der Waals surface area (Å²) in [6.45, 7) is -0.655. The quantitative estimate of drug-likeness (QED) is 0.306. The van der Waals surface area contributed by atoms with Gasteiger partial charge in [-0.1, -0.05) is 0 Å². The summed E-state index contributed by atoms with van der Waals surface area (Å²) in [6, 6.07) is 7.62. The average Bonchev–Trinajstić information content (AvgIpc) is 2.73. The number of ether oxygens (including phenoxy) is 3. The fraction of sp³-hybridized carbons (Fsp3) is 0.381. The molecule has 11 nitrogen and oxygen atoms in total. The normalized spacial score (nSPS) is 32.2. The van der Waals surface area contributed by atoms with E-state index in [9.17, 15) is 40.5 Å². The summed E-state index contributed by atoms with van der Waals surface area (Å²) in [4.78, 5) is 12.6. The van der Waals surface area contributed by atoms with E-state index in [1.165, 1.54) is 30.3 Å². The molecule has 2 aromatic rings. The van der Waals surface area contributed by atoms with Gasteiger partial charge in [-0.25, -0.2) is 0 Å². The molecular formula is C21H22O11. The molecule has 2 aliphatic rings. The molecule has 0 unspecified atom stereocenters. The van der Waals surface area contributed by atoms with Crippen molar-refractivity contribution in [2.75, 3.05) is 6.61 Å². The van der Waals surface area contributed by atoms with Crippen LogP contribution in [0.2, 0.25) is 0 Å². The van der Waals surface area contributed by atoms with Crippen LogP contribution < -0.4 is 9.47 Å². The number of aromatic hydroxyl groups is 2. The van der Waals surface area contributed by atoms with Gasteiger partial charge in [-0.05, 0) is 24.3 Å². The number of hydrogen-bond acceptors (Lipinski definition) is 11. The van der Waals surface area contributed by atoms with E-state index in [0.717, 1.165) is 6.07 Å². The van der Waals surface area contributed by atoms with Crippen molar-refractivity contribution in [3.8, 4) is 23.0 Å². The van der Waals surface area contributed by atoms with Crippen LogP contribution in [0, 0.1) is 0 Å². The Balaban J connectivity index is 1.63. The predicted octanol–water partition coefficient (Wildman–Crippen LogP) is -0.913. The summed E-state index contributed by atoms with van der Waals surface area (Å²) in [5, 5.41) is 69.9. The minimum Gasteiger partial charge on any atom is -0.508 e. The Labute approximate surface area is 181 Å². The molecular weight excluding hydrogens is 428 g/mol. The number of phenolic OH excluding ortho intramolecular Hbond substituents is 2. The standard InChI is InChI=1S/C21H22O11/c22-8-15-17(26)18(27)19(28)20(31-15)30-11-5-12(24)16-13(25)7-21(29,32-14(16)6-11)9-1-3-10(23)4-2-9/h1-6,15,17-20,22-24,26-29H,7-8H2/t15-,17-,18+,19-,20-,21+/m1/s1. The molecule has 2 aromatic carbocycles. The van der Waals surface area contributed by atoms with Crippen molar-refractivity contribution in [3.63, 3.8) is 0 Å². The van der Waals surface area contributed by atoms with Crippen LogP contribution in [0.4, 0.5) is 0 Å². The molecule has 0 amide bonds. The zero-order chi connectivity index (χ0) is 23.2. The van der Waals surface area contributed by atoms with Crippen LogP contribution in [0.5, 0.6) is 23.0 Å². The van der Waals surface area contributed by atoms with Crippen molar-refractivity contribution in [3.05, 3.63) is 47.5 Å². The Kier molecular flexibility index (Phi) is 5.71. The fourth-order valence-electron chi connectivity index (χ4n) is 3.71. The molecule has 0 saturated carbocycles. The largest absolute Gasteiger partial charge is 0.508 e. The fourth-order valence-corrected chi connectivity index (χ4v) is 3.71. The molecule has 0 aliphatic carbocycles.